The van der Waals surface area contributed by atoms with Crippen molar-refractivity contribution in [2.24, 2.45) is 4.99 Å². The molecule has 1 unspecified atom stereocenters. The number of aliphatic imine (C=N–C) groups is 1. The van der Waals surface area contributed by atoms with E-state index >= 15 is 0 Å². The smallest absolute Gasteiger partial charge is 0.213 e. The summed E-state index contributed by atoms with van der Waals surface area (Å²) in [4.78, 5) is 11.3. The number of pyridine rings is 1. The lowest BCUT2D eigenvalue weighted by Crippen LogP contribution is -2.42. The van der Waals surface area contributed by atoms with Crippen molar-refractivity contribution >= 4 is 5.96 Å². The molecule has 1 aliphatic rings. The van der Waals surface area contributed by atoms with E-state index in [1.165, 1.54) is 18.4 Å². The van der Waals surface area contributed by atoms with Crippen molar-refractivity contribution in [1.29, 1.82) is 0 Å². The molecule has 168 valence electrons. The molecule has 0 spiro atoms. The lowest BCUT2D eigenvalue weighted by atomic mass is 10.1. The number of methoxy groups -OCH3 is 1. The van der Waals surface area contributed by atoms with Crippen molar-refractivity contribution in [3.8, 4) is 11.6 Å². The van der Waals surface area contributed by atoms with Crippen LogP contribution in [0.2, 0.25) is 0 Å². The van der Waals surface area contributed by atoms with E-state index < -0.39 is 0 Å². The first kappa shape index (κ1) is 22.9. The van der Waals surface area contributed by atoms with Gasteiger partial charge in [0.2, 0.25) is 5.88 Å². The molecule has 2 N–H and O–H groups in total. The van der Waals surface area contributed by atoms with E-state index in [1.54, 1.807) is 14.2 Å². The molecule has 1 fully saturated rings. The van der Waals surface area contributed by atoms with Crippen LogP contribution in [0.25, 0.3) is 0 Å². The Morgan fingerprint density at radius 1 is 1.10 bits per heavy atom. The van der Waals surface area contributed by atoms with Gasteiger partial charge >= 0.3 is 0 Å². The second-order valence-corrected chi connectivity index (χ2v) is 8.01. The van der Waals surface area contributed by atoms with E-state index in [9.17, 15) is 0 Å². The van der Waals surface area contributed by atoms with Crippen molar-refractivity contribution in [1.82, 2.24) is 20.5 Å². The van der Waals surface area contributed by atoms with Gasteiger partial charge in [-0.05, 0) is 63.0 Å². The first-order valence-corrected chi connectivity index (χ1v) is 11.0. The van der Waals surface area contributed by atoms with E-state index in [4.69, 9.17) is 9.47 Å². The Bertz CT molecular complexity index is 815. The Morgan fingerprint density at radius 3 is 2.42 bits per heavy atom. The largest absolute Gasteiger partial charge is 0.497 e. The fourth-order valence-corrected chi connectivity index (χ4v) is 3.76. The van der Waals surface area contributed by atoms with E-state index in [-0.39, 0.29) is 6.10 Å². The number of hydrogen-bond acceptors (Lipinski definition) is 5. The first-order chi connectivity index (χ1) is 15.1. The summed E-state index contributed by atoms with van der Waals surface area (Å²) in [6.07, 6.45) is 4.46. The third-order valence-corrected chi connectivity index (χ3v) is 5.38. The monoisotopic (exact) mass is 425 g/mol. The molecule has 0 aliphatic carbocycles. The Kier molecular flexibility index (Phi) is 8.53. The summed E-state index contributed by atoms with van der Waals surface area (Å²) in [6.45, 7) is 7.67. The molecule has 7 heteroatoms. The molecule has 1 aromatic carbocycles. The molecule has 0 radical (unpaired) electrons. The van der Waals surface area contributed by atoms with Crippen LogP contribution in [0.15, 0.2) is 47.6 Å². The molecule has 1 aliphatic heterocycles. The van der Waals surface area contributed by atoms with Gasteiger partial charge in [0, 0.05) is 32.4 Å². The van der Waals surface area contributed by atoms with Crippen molar-refractivity contribution in [2.45, 2.75) is 45.4 Å². The zero-order chi connectivity index (χ0) is 22.1. The van der Waals surface area contributed by atoms with Crippen molar-refractivity contribution in [3.05, 3.63) is 53.7 Å². The van der Waals surface area contributed by atoms with Gasteiger partial charge in [-0.3, -0.25) is 9.89 Å². The quantitative estimate of drug-likeness (QED) is 0.474. The number of likely N-dealkylation sites (tertiary alicyclic amines) is 1. The first-order valence-electron chi connectivity index (χ1n) is 11.0. The SMILES string of the molecule is CN=C(NCc1ccc(OC(C)C)nc1)NCC(c1ccc(OC)cc1)N1CCCC1. The summed E-state index contributed by atoms with van der Waals surface area (Å²) in [7, 11) is 3.50. The van der Waals surface area contributed by atoms with Crippen LogP contribution in [0.1, 0.15) is 43.9 Å². The third kappa shape index (κ3) is 6.85. The predicted octanol–water partition coefficient (Wildman–Crippen LogP) is 3.38. The molecular formula is C24H35N5O2. The summed E-state index contributed by atoms with van der Waals surface area (Å²) in [5, 5.41) is 6.88. The minimum absolute atomic E-state index is 0.119. The highest BCUT2D eigenvalue weighted by Gasteiger charge is 2.23. The van der Waals surface area contributed by atoms with Crippen LogP contribution in [0.3, 0.4) is 0 Å². The molecule has 3 rings (SSSR count). The predicted molar refractivity (Wildman–Crippen MR) is 125 cm³/mol. The van der Waals surface area contributed by atoms with Crippen LogP contribution in [-0.4, -0.2) is 55.7 Å². The van der Waals surface area contributed by atoms with Crippen LogP contribution >= 0.6 is 0 Å². The molecule has 0 bridgehead atoms. The fourth-order valence-electron chi connectivity index (χ4n) is 3.76. The number of benzene rings is 1. The number of aromatic nitrogens is 1. The standard InChI is InChI=1S/C24H35N5O2/c1-18(2)31-23-12-7-19(15-26-23)16-27-24(25-3)28-17-22(29-13-5-6-14-29)20-8-10-21(30-4)11-9-20/h7-12,15,18,22H,5-6,13-14,16-17H2,1-4H3,(H2,25,27,28). The molecule has 1 aromatic heterocycles. The number of ether oxygens (including phenoxy) is 2. The van der Waals surface area contributed by atoms with Gasteiger partial charge < -0.3 is 20.1 Å². The lowest BCUT2D eigenvalue weighted by Gasteiger charge is -2.29. The molecule has 2 aromatic rings. The molecule has 31 heavy (non-hydrogen) atoms. The van der Waals surface area contributed by atoms with Crippen LogP contribution in [0, 0.1) is 0 Å². The van der Waals surface area contributed by atoms with E-state index in [0.717, 1.165) is 36.9 Å². The Morgan fingerprint density at radius 2 is 1.84 bits per heavy atom. The van der Waals surface area contributed by atoms with Crippen LogP contribution < -0.4 is 20.1 Å². The van der Waals surface area contributed by atoms with E-state index in [0.29, 0.717) is 18.5 Å². The summed E-state index contributed by atoms with van der Waals surface area (Å²) in [5.74, 6) is 2.31. The van der Waals surface area contributed by atoms with E-state index in [1.807, 2.05) is 44.3 Å². The topological polar surface area (TPSA) is 71.0 Å². The van der Waals surface area contributed by atoms with E-state index in [2.05, 4.69) is 37.6 Å². The Labute approximate surface area is 185 Å². The normalized spacial score (nSPS) is 15.7. The zero-order valence-corrected chi connectivity index (χ0v) is 19.1. The van der Waals surface area contributed by atoms with Gasteiger partial charge in [-0.15, -0.1) is 0 Å². The third-order valence-electron chi connectivity index (χ3n) is 5.38. The molecule has 0 amide bonds. The molecule has 7 nitrogen and oxygen atoms in total. The van der Waals surface area contributed by atoms with Gasteiger partial charge in [0.25, 0.3) is 0 Å². The van der Waals surface area contributed by atoms with Crippen molar-refractivity contribution in [2.75, 3.05) is 33.8 Å². The maximum Gasteiger partial charge on any atom is 0.213 e. The number of nitrogens with one attached hydrogen (secondary N) is 2. The Hall–Kier alpha value is -2.80. The molecular weight excluding hydrogens is 390 g/mol. The van der Waals surface area contributed by atoms with Gasteiger partial charge in [-0.2, -0.15) is 0 Å². The van der Waals surface area contributed by atoms with Crippen molar-refractivity contribution < 1.29 is 9.47 Å². The number of guanidine groups is 1. The van der Waals surface area contributed by atoms with Gasteiger partial charge in [0.05, 0.1) is 19.3 Å². The second kappa shape index (κ2) is 11.6. The van der Waals surface area contributed by atoms with Crippen LogP contribution in [-0.2, 0) is 6.54 Å². The number of hydrogen-bond donors (Lipinski definition) is 2. The van der Waals surface area contributed by atoms with Gasteiger partial charge in [-0.25, -0.2) is 4.98 Å². The van der Waals surface area contributed by atoms with Gasteiger partial charge in [0.15, 0.2) is 5.96 Å². The number of rotatable bonds is 9. The highest BCUT2D eigenvalue weighted by Crippen LogP contribution is 2.26. The molecule has 1 saturated heterocycles. The van der Waals surface area contributed by atoms with Gasteiger partial charge in [0.1, 0.15) is 5.75 Å². The summed E-state index contributed by atoms with van der Waals surface area (Å²) in [6, 6.07) is 12.6. The van der Waals surface area contributed by atoms with Gasteiger partial charge in [-0.1, -0.05) is 18.2 Å². The molecule has 2 heterocycles. The molecule has 1 atom stereocenters. The second-order valence-electron chi connectivity index (χ2n) is 8.01. The highest BCUT2D eigenvalue weighted by atomic mass is 16.5. The summed E-state index contributed by atoms with van der Waals surface area (Å²) in [5.41, 5.74) is 2.36. The minimum Gasteiger partial charge on any atom is -0.497 e. The molecule has 0 saturated carbocycles. The Balaban J connectivity index is 1.57. The summed E-state index contributed by atoms with van der Waals surface area (Å²) >= 11 is 0. The van der Waals surface area contributed by atoms with Crippen LogP contribution in [0.5, 0.6) is 11.6 Å². The maximum absolute atomic E-state index is 5.61. The zero-order valence-electron chi connectivity index (χ0n) is 19.1. The lowest BCUT2D eigenvalue weighted by molar-refractivity contribution is 0.232. The van der Waals surface area contributed by atoms with Crippen LogP contribution in [0.4, 0.5) is 0 Å². The average molecular weight is 426 g/mol. The summed E-state index contributed by atoms with van der Waals surface area (Å²) < 4.78 is 10.9. The highest BCUT2D eigenvalue weighted by molar-refractivity contribution is 5.79. The number of nitrogens with zero attached hydrogens (tertiary/aromatic N) is 3. The fraction of sp³-hybridized carbons (Fsp3) is 0.500. The average Bonchev–Trinajstić information content (AvgIpc) is 3.31. The van der Waals surface area contributed by atoms with Crippen molar-refractivity contribution in [3.63, 3.8) is 0 Å². The minimum atomic E-state index is 0.119. The maximum atomic E-state index is 5.61.